The van der Waals surface area contributed by atoms with Gasteiger partial charge in [0.05, 0.1) is 34.1 Å². The molecular formula is C21H13F4N3O3S. The molecule has 2 fully saturated rings. The smallest absolute Gasteiger partial charge is 0.417 e. The lowest BCUT2D eigenvalue weighted by molar-refractivity contribution is -0.137. The van der Waals surface area contributed by atoms with Gasteiger partial charge in [-0.05, 0) is 61.8 Å². The van der Waals surface area contributed by atoms with Gasteiger partial charge in [0.1, 0.15) is 5.54 Å². The number of rotatable bonds is 3. The lowest BCUT2D eigenvalue weighted by Crippen LogP contribution is -2.55. The van der Waals surface area contributed by atoms with Gasteiger partial charge < -0.3 is 10.0 Å². The van der Waals surface area contributed by atoms with Crippen LogP contribution < -0.4 is 9.80 Å². The zero-order chi connectivity index (χ0) is 23.4. The number of benzene rings is 2. The Morgan fingerprint density at radius 3 is 2.44 bits per heavy atom. The Labute approximate surface area is 184 Å². The van der Waals surface area contributed by atoms with Crippen molar-refractivity contribution in [3.8, 4) is 6.07 Å². The summed E-state index contributed by atoms with van der Waals surface area (Å²) in [6, 6.07) is 7.86. The van der Waals surface area contributed by atoms with Crippen LogP contribution in [-0.4, -0.2) is 27.6 Å². The molecule has 1 N–H and O–H groups in total. The van der Waals surface area contributed by atoms with Gasteiger partial charge >= 0.3 is 12.1 Å². The number of alkyl halides is 3. The first kappa shape index (κ1) is 21.7. The Balaban J connectivity index is 1.86. The molecule has 6 nitrogen and oxygen atoms in total. The molecule has 1 saturated carbocycles. The molecule has 164 valence electrons. The second-order valence-electron chi connectivity index (χ2n) is 7.43. The largest absolute Gasteiger partial charge is 0.478 e. The summed E-state index contributed by atoms with van der Waals surface area (Å²) in [5.74, 6) is -3.24. The molecule has 0 atom stereocenters. The van der Waals surface area contributed by atoms with E-state index < -0.39 is 46.1 Å². The molecule has 2 aliphatic rings. The number of carbonyl (C=O) groups excluding carboxylic acids is 1. The van der Waals surface area contributed by atoms with Crippen molar-refractivity contribution in [2.24, 2.45) is 0 Å². The van der Waals surface area contributed by atoms with E-state index in [0.29, 0.717) is 12.5 Å². The molecule has 1 aliphatic carbocycles. The monoisotopic (exact) mass is 463 g/mol. The van der Waals surface area contributed by atoms with E-state index in [1.54, 1.807) is 0 Å². The summed E-state index contributed by atoms with van der Waals surface area (Å²) in [4.78, 5) is 26.8. The average Bonchev–Trinajstić information content (AvgIpc) is 2.93. The summed E-state index contributed by atoms with van der Waals surface area (Å²) in [5.41, 5.74) is -4.24. The molecule has 0 bridgehead atoms. The van der Waals surface area contributed by atoms with E-state index in [1.165, 1.54) is 23.1 Å². The fourth-order valence-electron chi connectivity index (χ4n) is 4.05. The van der Waals surface area contributed by atoms with E-state index in [-0.39, 0.29) is 29.3 Å². The number of thiocarbonyl (C=S) groups is 1. The van der Waals surface area contributed by atoms with Crippen molar-refractivity contribution in [1.29, 1.82) is 5.26 Å². The van der Waals surface area contributed by atoms with Crippen LogP contribution in [0.4, 0.5) is 28.9 Å². The Hall–Kier alpha value is -3.52. The van der Waals surface area contributed by atoms with Gasteiger partial charge in [0.25, 0.3) is 5.91 Å². The van der Waals surface area contributed by atoms with Crippen LogP contribution in [0.1, 0.15) is 40.7 Å². The summed E-state index contributed by atoms with van der Waals surface area (Å²) in [6.45, 7) is 0. The molecule has 0 radical (unpaired) electrons. The second-order valence-corrected chi connectivity index (χ2v) is 7.79. The third-order valence-corrected chi connectivity index (χ3v) is 6.09. The number of hydrogen-bond acceptors (Lipinski definition) is 4. The van der Waals surface area contributed by atoms with Crippen LogP contribution in [0, 0.1) is 17.1 Å². The predicted octanol–water partition coefficient (Wildman–Crippen LogP) is 4.48. The van der Waals surface area contributed by atoms with Crippen LogP contribution in [0.3, 0.4) is 0 Å². The lowest BCUT2D eigenvalue weighted by atomic mass is 9.75. The number of nitrogens with zero attached hydrogens (tertiary/aromatic N) is 3. The Bertz CT molecular complexity index is 1220. The maximum absolute atomic E-state index is 15.0. The Morgan fingerprint density at radius 1 is 1.22 bits per heavy atom. The number of carbonyl (C=O) groups is 2. The molecule has 32 heavy (non-hydrogen) atoms. The maximum Gasteiger partial charge on any atom is 0.417 e. The van der Waals surface area contributed by atoms with Crippen LogP contribution in [0.25, 0.3) is 0 Å². The summed E-state index contributed by atoms with van der Waals surface area (Å²) in [7, 11) is 0. The van der Waals surface area contributed by atoms with E-state index in [0.717, 1.165) is 23.1 Å². The summed E-state index contributed by atoms with van der Waals surface area (Å²) in [6.07, 6.45) is -3.72. The minimum atomic E-state index is -4.85. The first-order valence-corrected chi connectivity index (χ1v) is 9.75. The van der Waals surface area contributed by atoms with Gasteiger partial charge in [-0.15, -0.1) is 0 Å². The minimum absolute atomic E-state index is 0.213. The highest BCUT2D eigenvalue weighted by atomic mass is 32.1. The maximum atomic E-state index is 15.0. The fourth-order valence-corrected chi connectivity index (χ4v) is 4.51. The van der Waals surface area contributed by atoms with Crippen LogP contribution in [-0.2, 0) is 11.0 Å². The van der Waals surface area contributed by atoms with Crippen molar-refractivity contribution in [2.45, 2.75) is 31.0 Å². The molecule has 0 unspecified atom stereocenters. The quantitative estimate of drug-likeness (QED) is 0.534. The molecule has 4 rings (SSSR count). The highest BCUT2D eigenvalue weighted by molar-refractivity contribution is 7.81. The number of halogens is 4. The molecule has 2 aromatic rings. The third kappa shape index (κ3) is 3.02. The fraction of sp³-hybridized carbons (Fsp3) is 0.238. The van der Waals surface area contributed by atoms with Crippen LogP contribution in [0.5, 0.6) is 0 Å². The third-order valence-electron chi connectivity index (χ3n) is 5.73. The molecule has 2 aromatic carbocycles. The van der Waals surface area contributed by atoms with Crippen molar-refractivity contribution in [1.82, 2.24) is 0 Å². The topological polar surface area (TPSA) is 84.6 Å². The number of amides is 1. The van der Waals surface area contributed by atoms with E-state index in [9.17, 15) is 27.9 Å². The number of aromatic carboxylic acids is 1. The zero-order valence-corrected chi connectivity index (χ0v) is 16.9. The average molecular weight is 463 g/mol. The second kappa shape index (κ2) is 7.27. The van der Waals surface area contributed by atoms with Crippen LogP contribution >= 0.6 is 12.2 Å². The van der Waals surface area contributed by atoms with Gasteiger partial charge in [-0.3, -0.25) is 9.69 Å². The number of nitriles is 1. The normalized spacial score (nSPS) is 17.5. The zero-order valence-electron chi connectivity index (χ0n) is 16.1. The molecule has 1 spiro atoms. The van der Waals surface area contributed by atoms with Gasteiger partial charge in [0.15, 0.2) is 10.9 Å². The summed E-state index contributed by atoms with van der Waals surface area (Å²) >= 11 is 5.39. The highest BCUT2D eigenvalue weighted by Gasteiger charge is 2.60. The van der Waals surface area contributed by atoms with E-state index in [1.807, 2.05) is 0 Å². The van der Waals surface area contributed by atoms with Gasteiger partial charge in [-0.2, -0.15) is 18.4 Å². The first-order chi connectivity index (χ1) is 15.0. The number of carboxylic acid groups (broad SMARTS) is 1. The van der Waals surface area contributed by atoms with E-state index in [2.05, 4.69) is 0 Å². The molecule has 1 heterocycles. The van der Waals surface area contributed by atoms with Gasteiger partial charge in [0, 0.05) is 0 Å². The highest BCUT2D eigenvalue weighted by Crippen LogP contribution is 2.49. The predicted molar refractivity (Wildman–Crippen MR) is 109 cm³/mol. The van der Waals surface area contributed by atoms with Crippen molar-refractivity contribution in [2.75, 3.05) is 9.80 Å². The van der Waals surface area contributed by atoms with Crippen LogP contribution in [0.15, 0.2) is 36.4 Å². The summed E-state index contributed by atoms with van der Waals surface area (Å²) < 4.78 is 55.3. The lowest BCUT2D eigenvalue weighted by Gasteiger charge is -2.43. The van der Waals surface area contributed by atoms with Crippen LogP contribution in [0.2, 0.25) is 0 Å². The van der Waals surface area contributed by atoms with E-state index >= 15 is 4.39 Å². The number of hydrogen-bond donors (Lipinski definition) is 1. The molecule has 1 amide bonds. The first-order valence-electron chi connectivity index (χ1n) is 9.35. The minimum Gasteiger partial charge on any atom is -0.478 e. The van der Waals surface area contributed by atoms with Crippen molar-refractivity contribution in [3.63, 3.8) is 0 Å². The van der Waals surface area contributed by atoms with Crippen molar-refractivity contribution in [3.05, 3.63) is 58.9 Å². The number of carboxylic acids is 1. The van der Waals surface area contributed by atoms with E-state index in [4.69, 9.17) is 17.5 Å². The van der Waals surface area contributed by atoms with Gasteiger partial charge in [-0.25, -0.2) is 9.18 Å². The molecule has 1 saturated heterocycles. The molecular weight excluding hydrogens is 450 g/mol. The van der Waals surface area contributed by atoms with Crippen molar-refractivity contribution >= 4 is 40.6 Å². The molecule has 1 aliphatic heterocycles. The standard InChI is InChI=1S/C21H13F4N3O3S/c22-16-13(17(29)30)3-1-4-15(16)28-19(32)27(18(31)20(28)7-2-8-20)12-6-5-11(10-26)14(9-12)21(23,24)25/h1,3-6,9H,2,7-8H2,(H,29,30). The number of anilines is 2. The Kier molecular flexibility index (Phi) is 4.93. The SMILES string of the molecule is N#Cc1ccc(N2C(=O)C3(CCC3)N(c3cccc(C(=O)O)c3F)C2=S)cc1C(F)(F)F. The molecule has 0 aromatic heterocycles. The van der Waals surface area contributed by atoms with Gasteiger partial charge in [-0.1, -0.05) is 6.07 Å². The molecule has 11 heteroatoms. The Morgan fingerprint density at radius 2 is 1.91 bits per heavy atom. The van der Waals surface area contributed by atoms with Crippen molar-refractivity contribution < 1.29 is 32.3 Å². The van der Waals surface area contributed by atoms with Gasteiger partial charge in [0.2, 0.25) is 0 Å². The summed E-state index contributed by atoms with van der Waals surface area (Å²) in [5, 5.41) is 18.0.